The number of nitrogens with zero attached hydrogens (tertiary/aromatic N) is 2. The molecule has 1 aromatic carbocycles. The zero-order valence-electron chi connectivity index (χ0n) is 12.6. The van der Waals surface area contributed by atoms with E-state index < -0.39 is 0 Å². The van der Waals surface area contributed by atoms with Crippen LogP contribution in [0.15, 0.2) is 18.2 Å². The Morgan fingerprint density at radius 1 is 1.41 bits per heavy atom. The lowest BCUT2D eigenvalue weighted by molar-refractivity contribution is 0.0812. The van der Waals surface area contributed by atoms with Gasteiger partial charge in [0.05, 0.1) is 10.7 Å². The number of benzene rings is 1. The Kier molecular flexibility index (Phi) is 2.75. The van der Waals surface area contributed by atoms with Crippen LogP contribution in [0.1, 0.15) is 41.2 Å². The molecule has 0 amide bonds. The average Bonchev–Trinajstić information content (AvgIpc) is 3.00. The first kappa shape index (κ1) is 13.2. The smallest absolute Gasteiger partial charge is 0.201 e. The van der Waals surface area contributed by atoms with Crippen molar-refractivity contribution in [3.05, 3.63) is 29.5 Å². The van der Waals surface area contributed by atoms with Crippen molar-refractivity contribution in [2.24, 2.45) is 0 Å². The summed E-state index contributed by atoms with van der Waals surface area (Å²) in [6.07, 6.45) is 3.69. The molecule has 3 atom stereocenters. The van der Waals surface area contributed by atoms with Crippen molar-refractivity contribution in [3.63, 3.8) is 0 Å². The van der Waals surface area contributed by atoms with Crippen LogP contribution in [0, 0.1) is 0 Å². The van der Waals surface area contributed by atoms with Crippen LogP contribution in [-0.4, -0.2) is 46.8 Å². The van der Waals surface area contributed by atoms with Gasteiger partial charge in [0.2, 0.25) is 5.78 Å². The number of aromatic nitrogens is 1. The second-order valence-electron chi connectivity index (χ2n) is 6.94. The third-order valence-electron chi connectivity index (χ3n) is 5.58. The maximum absolute atomic E-state index is 13.0. The van der Waals surface area contributed by atoms with Crippen molar-refractivity contribution in [3.8, 4) is 0 Å². The van der Waals surface area contributed by atoms with Crippen molar-refractivity contribution in [1.29, 1.82) is 0 Å². The molecule has 22 heavy (non-hydrogen) atoms. The van der Waals surface area contributed by atoms with E-state index in [1.807, 2.05) is 0 Å². The number of likely N-dealkylation sites (N-methyl/N-ethyl adjacent to an activating group) is 1. The van der Waals surface area contributed by atoms with Crippen LogP contribution in [0.3, 0.4) is 0 Å². The molecule has 1 unspecified atom stereocenters. The first-order valence-electron chi connectivity index (χ1n) is 8.11. The van der Waals surface area contributed by atoms with Gasteiger partial charge in [-0.1, -0.05) is 12.1 Å². The molecule has 1 N–H and O–H groups in total. The summed E-state index contributed by atoms with van der Waals surface area (Å²) in [5.41, 5.74) is 2.09. The van der Waals surface area contributed by atoms with Crippen LogP contribution in [0.4, 0.5) is 0 Å². The second kappa shape index (κ2) is 4.60. The standard InChI is InChI=1S/C17H19N3OS/c1-20-11-7-13(18-8-11)16(20)17(21)15-12-5-4-10(9-2-3-9)6-14(12)22-19-15/h4-6,9,11,13,16,18H,2-3,7-8H2,1H3/t11-,13+,16?/m0/s1. The largest absolute Gasteiger partial charge is 0.310 e. The Morgan fingerprint density at radius 2 is 2.27 bits per heavy atom. The second-order valence-corrected chi connectivity index (χ2v) is 7.74. The number of hydrogen-bond acceptors (Lipinski definition) is 5. The molecular formula is C17H19N3OS. The van der Waals surface area contributed by atoms with Crippen LogP contribution in [0.5, 0.6) is 0 Å². The van der Waals surface area contributed by atoms with Crippen LogP contribution in [0.2, 0.25) is 0 Å². The molecule has 0 spiro atoms. The number of ketones is 1. The number of nitrogens with one attached hydrogen (secondary N) is 1. The molecule has 5 heteroatoms. The number of hydrogen-bond donors (Lipinski definition) is 1. The highest BCUT2D eigenvalue weighted by atomic mass is 32.1. The van der Waals surface area contributed by atoms with Gasteiger partial charge >= 0.3 is 0 Å². The number of carbonyl (C=O) groups is 1. The topological polar surface area (TPSA) is 45.2 Å². The lowest BCUT2D eigenvalue weighted by Crippen LogP contribution is -2.53. The minimum Gasteiger partial charge on any atom is -0.310 e. The van der Waals surface area contributed by atoms with Crippen molar-refractivity contribution in [2.75, 3.05) is 13.6 Å². The minimum atomic E-state index is -0.0489. The van der Waals surface area contributed by atoms with E-state index in [0.717, 1.165) is 29.0 Å². The summed E-state index contributed by atoms with van der Waals surface area (Å²) in [4.78, 5) is 15.3. The number of piperazine rings is 1. The van der Waals surface area contributed by atoms with Gasteiger partial charge in [-0.2, -0.15) is 4.37 Å². The quantitative estimate of drug-likeness (QED) is 0.884. The zero-order chi connectivity index (χ0) is 14.8. The maximum Gasteiger partial charge on any atom is 0.201 e. The predicted octanol–water partition coefficient (Wildman–Crippen LogP) is 2.40. The Labute approximate surface area is 133 Å². The molecule has 3 fully saturated rings. The van der Waals surface area contributed by atoms with Crippen molar-refractivity contribution < 1.29 is 4.79 Å². The number of fused-ring (bicyclic) bond motifs is 3. The fourth-order valence-electron chi connectivity index (χ4n) is 4.12. The predicted molar refractivity (Wildman–Crippen MR) is 87.7 cm³/mol. The van der Waals surface area contributed by atoms with Crippen LogP contribution < -0.4 is 5.32 Å². The molecule has 1 aliphatic carbocycles. The molecule has 4 nitrogen and oxygen atoms in total. The monoisotopic (exact) mass is 313 g/mol. The summed E-state index contributed by atoms with van der Waals surface area (Å²) in [7, 11) is 2.08. The third kappa shape index (κ3) is 1.82. The molecule has 0 radical (unpaired) electrons. The normalized spacial score (nSPS) is 31.2. The zero-order valence-corrected chi connectivity index (χ0v) is 13.4. The first-order chi connectivity index (χ1) is 10.7. The summed E-state index contributed by atoms with van der Waals surface area (Å²) < 4.78 is 5.68. The minimum absolute atomic E-state index is 0.0489. The van der Waals surface area contributed by atoms with Gasteiger partial charge in [-0.25, -0.2) is 0 Å². The van der Waals surface area contributed by atoms with E-state index in [1.54, 1.807) is 0 Å². The van der Waals surface area contributed by atoms with E-state index in [9.17, 15) is 4.79 Å². The highest BCUT2D eigenvalue weighted by Gasteiger charge is 2.48. The van der Waals surface area contributed by atoms with Crippen LogP contribution in [-0.2, 0) is 0 Å². The van der Waals surface area contributed by atoms with Gasteiger partial charge in [-0.3, -0.25) is 9.69 Å². The SMILES string of the molecule is CN1C(C(=O)c2nsc3cc(C4CC4)ccc23)[C@H]2C[C@H]1CN2. The average molecular weight is 313 g/mol. The van der Waals surface area contributed by atoms with Crippen LogP contribution >= 0.6 is 11.5 Å². The molecule has 2 aromatic rings. The summed E-state index contributed by atoms with van der Waals surface area (Å²) in [5, 5.41) is 4.51. The molecule has 3 heterocycles. The number of carbonyl (C=O) groups excluding carboxylic acids is 1. The molecule has 5 rings (SSSR count). The van der Waals surface area contributed by atoms with Gasteiger partial charge in [0, 0.05) is 24.0 Å². The molecule has 114 valence electrons. The van der Waals surface area contributed by atoms with E-state index in [2.05, 4.69) is 39.8 Å². The third-order valence-corrected chi connectivity index (χ3v) is 6.39. The molecule has 1 aromatic heterocycles. The molecule has 2 bridgehead atoms. The Bertz CT molecular complexity index is 764. The first-order valence-corrected chi connectivity index (χ1v) is 8.88. The van der Waals surface area contributed by atoms with E-state index in [1.165, 1.54) is 29.9 Å². The van der Waals surface area contributed by atoms with Crippen molar-refractivity contribution >= 4 is 27.4 Å². The number of likely N-dealkylation sites (tertiary alicyclic amines) is 1. The summed E-state index contributed by atoms with van der Waals surface area (Å²) >= 11 is 1.47. The number of rotatable bonds is 3. The summed E-state index contributed by atoms with van der Waals surface area (Å²) in [6.45, 7) is 1.01. The Balaban J connectivity index is 1.52. The van der Waals surface area contributed by atoms with Gasteiger partial charge in [-0.15, -0.1) is 0 Å². The van der Waals surface area contributed by atoms with Gasteiger partial charge < -0.3 is 5.32 Å². The Hall–Kier alpha value is -1.30. The van der Waals surface area contributed by atoms with Gasteiger partial charge in [0.15, 0.2) is 0 Å². The lowest BCUT2D eigenvalue weighted by atomic mass is 10.00. The maximum atomic E-state index is 13.0. The summed E-state index contributed by atoms with van der Waals surface area (Å²) in [5.74, 6) is 0.930. The van der Waals surface area contributed by atoms with E-state index in [0.29, 0.717) is 17.8 Å². The molecule has 2 aliphatic heterocycles. The summed E-state index contributed by atoms with van der Waals surface area (Å²) in [6, 6.07) is 7.29. The van der Waals surface area contributed by atoms with E-state index in [4.69, 9.17) is 0 Å². The van der Waals surface area contributed by atoms with Crippen molar-refractivity contribution in [1.82, 2.24) is 14.6 Å². The molecule has 2 saturated heterocycles. The van der Waals surface area contributed by atoms with Gasteiger partial charge in [0.25, 0.3) is 0 Å². The Morgan fingerprint density at radius 3 is 3.00 bits per heavy atom. The molecule has 1 saturated carbocycles. The van der Waals surface area contributed by atoms with E-state index >= 15 is 0 Å². The number of Topliss-reactive ketones (excluding diaryl/α,β-unsaturated/α-hetero) is 1. The highest BCUT2D eigenvalue weighted by Crippen LogP contribution is 2.42. The fourth-order valence-corrected chi connectivity index (χ4v) is 4.95. The fraction of sp³-hybridized carbons (Fsp3) is 0.529. The van der Waals surface area contributed by atoms with Crippen molar-refractivity contribution in [2.45, 2.75) is 43.3 Å². The lowest BCUT2D eigenvalue weighted by Gasteiger charge is -2.30. The van der Waals surface area contributed by atoms with Gasteiger partial charge in [-0.05, 0) is 55.4 Å². The molecular weight excluding hydrogens is 294 g/mol. The van der Waals surface area contributed by atoms with Crippen LogP contribution in [0.25, 0.3) is 10.1 Å². The highest BCUT2D eigenvalue weighted by molar-refractivity contribution is 7.13. The molecule has 3 aliphatic rings. The van der Waals surface area contributed by atoms with Gasteiger partial charge in [0.1, 0.15) is 5.69 Å². The van der Waals surface area contributed by atoms with E-state index in [-0.39, 0.29) is 11.8 Å².